The van der Waals surface area contributed by atoms with E-state index >= 15 is 0 Å². The molecule has 0 aromatic heterocycles. The number of sulfone groups is 1. The van der Waals surface area contributed by atoms with Gasteiger partial charge in [-0.15, -0.1) is 0 Å². The van der Waals surface area contributed by atoms with Crippen molar-refractivity contribution in [3.05, 3.63) is 64.5 Å². The fraction of sp³-hybridized carbons (Fsp3) is 0.435. The second-order valence-electron chi connectivity index (χ2n) is 8.02. The van der Waals surface area contributed by atoms with Crippen molar-refractivity contribution in [2.75, 3.05) is 31.3 Å². The van der Waals surface area contributed by atoms with Crippen LogP contribution in [0.5, 0.6) is 0 Å². The van der Waals surface area contributed by atoms with Gasteiger partial charge in [0, 0.05) is 38.6 Å². The van der Waals surface area contributed by atoms with Gasteiger partial charge in [-0.25, -0.2) is 17.8 Å². The van der Waals surface area contributed by atoms with Gasteiger partial charge in [-0.05, 0) is 60.2 Å². The molecule has 1 aliphatic heterocycles. The molecule has 1 aliphatic rings. The van der Waals surface area contributed by atoms with Crippen molar-refractivity contribution in [1.29, 1.82) is 0 Å². The van der Waals surface area contributed by atoms with Crippen LogP contribution in [-0.2, 0) is 35.1 Å². The third-order valence-corrected chi connectivity index (χ3v) is 6.13. The molecule has 1 heterocycles. The predicted molar refractivity (Wildman–Crippen MR) is 125 cm³/mol. The van der Waals surface area contributed by atoms with Crippen LogP contribution in [0.3, 0.4) is 0 Å². The van der Waals surface area contributed by atoms with Crippen LogP contribution >= 0.6 is 0 Å². The van der Waals surface area contributed by atoms with Crippen molar-refractivity contribution < 1.29 is 12.8 Å². The minimum atomic E-state index is -3.22. The molecule has 0 aliphatic carbocycles. The fourth-order valence-corrected chi connectivity index (χ4v) is 4.66. The summed E-state index contributed by atoms with van der Waals surface area (Å²) < 4.78 is 37.2. The van der Waals surface area contributed by atoms with E-state index in [0.717, 1.165) is 24.9 Å². The maximum atomic E-state index is 13.8. The topological polar surface area (TPSA) is 73.8 Å². The predicted octanol–water partition coefficient (Wildman–Crippen LogP) is 3.01. The molecular weight excluding hydrogens is 415 g/mol. The second-order valence-corrected chi connectivity index (χ2v) is 10.2. The van der Waals surface area contributed by atoms with Gasteiger partial charge in [0.2, 0.25) is 0 Å². The Kier molecular flexibility index (Phi) is 7.54. The zero-order chi connectivity index (χ0) is 22.4. The monoisotopic (exact) mass is 446 g/mol. The lowest BCUT2D eigenvalue weighted by atomic mass is 10.00. The number of nitrogens with zero attached hydrogens (tertiary/aromatic N) is 2. The van der Waals surface area contributed by atoms with E-state index in [1.54, 1.807) is 0 Å². The SMILES string of the molecule is CCNC(=NCc1ccc2c(c1)CCCN2C)NCc1cc(F)ccc1CS(C)(=O)=O. The Labute approximate surface area is 184 Å². The summed E-state index contributed by atoms with van der Waals surface area (Å²) in [6, 6.07) is 10.7. The van der Waals surface area contributed by atoms with Crippen LogP contribution in [0.1, 0.15) is 35.6 Å². The van der Waals surface area contributed by atoms with Gasteiger partial charge in [-0.3, -0.25) is 0 Å². The smallest absolute Gasteiger partial charge is 0.191 e. The van der Waals surface area contributed by atoms with Crippen molar-refractivity contribution in [2.24, 2.45) is 4.99 Å². The maximum absolute atomic E-state index is 13.8. The van der Waals surface area contributed by atoms with Crippen molar-refractivity contribution in [3.8, 4) is 0 Å². The van der Waals surface area contributed by atoms with E-state index in [4.69, 9.17) is 0 Å². The van der Waals surface area contributed by atoms with E-state index in [-0.39, 0.29) is 12.3 Å². The summed E-state index contributed by atoms with van der Waals surface area (Å²) in [5, 5.41) is 6.39. The van der Waals surface area contributed by atoms with E-state index < -0.39 is 15.7 Å². The number of anilines is 1. The molecule has 0 atom stereocenters. The first kappa shape index (κ1) is 23.1. The standard InChI is InChI=1S/C23H31FN4O2S/c1-4-25-23(26-14-17-7-10-22-18(12-17)6-5-11-28(22)2)27-15-20-13-21(24)9-8-19(20)16-31(3,29)30/h7-10,12-13H,4-6,11,14-16H2,1-3H3,(H2,25,26,27). The van der Waals surface area contributed by atoms with Gasteiger partial charge in [-0.1, -0.05) is 18.2 Å². The van der Waals surface area contributed by atoms with E-state index in [2.05, 4.69) is 45.8 Å². The van der Waals surface area contributed by atoms with Gasteiger partial charge in [-0.2, -0.15) is 0 Å². The molecule has 2 aromatic carbocycles. The first-order chi connectivity index (χ1) is 14.7. The number of fused-ring (bicyclic) bond motifs is 1. The number of hydrogen-bond acceptors (Lipinski definition) is 4. The highest BCUT2D eigenvalue weighted by atomic mass is 32.2. The van der Waals surface area contributed by atoms with Crippen LogP contribution in [-0.4, -0.2) is 40.8 Å². The average molecular weight is 447 g/mol. The number of benzene rings is 2. The summed E-state index contributed by atoms with van der Waals surface area (Å²) in [5.41, 5.74) is 4.96. The molecule has 3 rings (SSSR count). The molecule has 8 heteroatoms. The number of guanidine groups is 1. The highest BCUT2D eigenvalue weighted by Crippen LogP contribution is 2.27. The quantitative estimate of drug-likeness (QED) is 0.505. The lowest BCUT2D eigenvalue weighted by molar-refractivity contribution is 0.599. The molecule has 0 fully saturated rings. The minimum absolute atomic E-state index is 0.123. The molecule has 2 N–H and O–H groups in total. The number of hydrogen-bond donors (Lipinski definition) is 2. The highest BCUT2D eigenvalue weighted by Gasteiger charge is 2.14. The highest BCUT2D eigenvalue weighted by molar-refractivity contribution is 7.89. The summed E-state index contributed by atoms with van der Waals surface area (Å²) in [6.45, 7) is 4.54. The van der Waals surface area contributed by atoms with E-state index in [0.29, 0.717) is 30.2 Å². The average Bonchev–Trinajstić information content (AvgIpc) is 2.71. The molecule has 0 saturated heterocycles. The number of nitrogens with one attached hydrogen (secondary N) is 2. The summed E-state index contributed by atoms with van der Waals surface area (Å²) in [7, 11) is -1.10. The molecule has 0 amide bonds. The van der Waals surface area contributed by atoms with Gasteiger partial charge in [0.05, 0.1) is 12.3 Å². The van der Waals surface area contributed by atoms with Crippen LogP contribution in [0.25, 0.3) is 0 Å². The normalized spacial score (nSPS) is 14.3. The van der Waals surface area contributed by atoms with Crippen LogP contribution in [0.2, 0.25) is 0 Å². The van der Waals surface area contributed by atoms with Crippen molar-refractivity contribution in [1.82, 2.24) is 10.6 Å². The summed E-state index contributed by atoms with van der Waals surface area (Å²) >= 11 is 0. The number of rotatable bonds is 7. The zero-order valence-electron chi connectivity index (χ0n) is 18.4. The largest absolute Gasteiger partial charge is 0.374 e. The summed E-state index contributed by atoms with van der Waals surface area (Å²) in [4.78, 5) is 6.94. The molecular formula is C23H31FN4O2S. The van der Waals surface area contributed by atoms with Crippen LogP contribution in [0.4, 0.5) is 10.1 Å². The molecule has 168 valence electrons. The van der Waals surface area contributed by atoms with Crippen molar-refractivity contribution in [2.45, 2.75) is 38.6 Å². The lowest BCUT2D eigenvalue weighted by Gasteiger charge is -2.27. The van der Waals surface area contributed by atoms with Crippen LogP contribution < -0.4 is 15.5 Å². The molecule has 0 radical (unpaired) electrons. The van der Waals surface area contributed by atoms with E-state index in [1.807, 2.05) is 6.92 Å². The summed E-state index contributed by atoms with van der Waals surface area (Å²) in [6.07, 6.45) is 3.41. The van der Waals surface area contributed by atoms with E-state index in [1.165, 1.54) is 35.7 Å². The Hall–Kier alpha value is -2.61. The summed E-state index contributed by atoms with van der Waals surface area (Å²) in [5.74, 6) is 0.0866. The van der Waals surface area contributed by atoms with Crippen LogP contribution in [0.15, 0.2) is 41.4 Å². The van der Waals surface area contributed by atoms with Gasteiger partial charge >= 0.3 is 0 Å². The lowest BCUT2D eigenvalue weighted by Crippen LogP contribution is -2.37. The first-order valence-corrected chi connectivity index (χ1v) is 12.6. The van der Waals surface area contributed by atoms with E-state index in [9.17, 15) is 12.8 Å². The molecule has 6 nitrogen and oxygen atoms in total. The Morgan fingerprint density at radius 1 is 1.16 bits per heavy atom. The maximum Gasteiger partial charge on any atom is 0.191 e. The second kappa shape index (κ2) is 10.1. The molecule has 0 unspecified atom stereocenters. The Balaban J connectivity index is 1.72. The van der Waals surface area contributed by atoms with Crippen molar-refractivity contribution in [3.63, 3.8) is 0 Å². The Bertz CT molecular complexity index is 1050. The van der Waals surface area contributed by atoms with Gasteiger partial charge in [0.1, 0.15) is 5.82 Å². The fourth-order valence-electron chi connectivity index (χ4n) is 3.81. The third kappa shape index (κ3) is 6.69. The number of halogens is 1. The molecule has 31 heavy (non-hydrogen) atoms. The molecule has 0 bridgehead atoms. The van der Waals surface area contributed by atoms with Crippen molar-refractivity contribution >= 4 is 21.5 Å². The third-order valence-electron chi connectivity index (χ3n) is 5.29. The molecule has 0 saturated carbocycles. The Morgan fingerprint density at radius 2 is 1.97 bits per heavy atom. The van der Waals surface area contributed by atoms with Gasteiger partial charge < -0.3 is 15.5 Å². The minimum Gasteiger partial charge on any atom is -0.374 e. The molecule has 2 aromatic rings. The first-order valence-electron chi connectivity index (χ1n) is 10.6. The number of aryl methyl sites for hydroxylation is 1. The zero-order valence-corrected chi connectivity index (χ0v) is 19.2. The van der Waals surface area contributed by atoms with Crippen LogP contribution in [0, 0.1) is 5.82 Å². The van der Waals surface area contributed by atoms with Gasteiger partial charge in [0.15, 0.2) is 15.8 Å². The number of aliphatic imine (C=N–C) groups is 1. The van der Waals surface area contributed by atoms with Gasteiger partial charge in [0.25, 0.3) is 0 Å². The molecule has 0 spiro atoms. The Morgan fingerprint density at radius 3 is 2.71 bits per heavy atom.